The van der Waals surface area contributed by atoms with Gasteiger partial charge in [-0.05, 0) is 24.3 Å². The normalized spacial score (nSPS) is 9.45. The van der Waals surface area contributed by atoms with Gasteiger partial charge in [-0.15, -0.1) is 0 Å². The summed E-state index contributed by atoms with van der Waals surface area (Å²) in [7, 11) is 1.28. The summed E-state index contributed by atoms with van der Waals surface area (Å²) in [6.07, 6.45) is 1.34. The third-order valence-corrected chi connectivity index (χ3v) is 3.13. The van der Waals surface area contributed by atoms with E-state index in [9.17, 15) is 4.79 Å². The van der Waals surface area contributed by atoms with Crippen LogP contribution in [0.15, 0.2) is 40.3 Å². The van der Waals surface area contributed by atoms with Gasteiger partial charge in [0.15, 0.2) is 0 Å². The maximum Gasteiger partial charge on any atom is 0.339 e. The fourth-order valence-corrected chi connectivity index (χ4v) is 2.02. The molecule has 0 N–H and O–H groups in total. The fourth-order valence-electron chi connectivity index (χ4n) is 1.76. The van der Waals surface area contributed by atoms with Crippen LogP contribution in [-0.2, 0) is 4.74 Å². The molecule has 0 radical (unpaired) electrons. The van der Waals surface area contributed by atoms with E-state index in [0.29, 0.717) is 17.1 Å². The monoisotopic (exact) mass is 312 g/mol. The van der Waals surface area contributed by atoms with Crippen LogP contribution in [0.2, 0.25) is 5.02 Å². The highest BCUT2D eigenvalue weighted by atomic mass is 35.5. The summed E-state index contributed by atoms with van der Waals surface area (Å²) in [6, 6.07) is 11.6. The molecule has 22 heavy (non-hydrogen) atoms. The van der Waals surface area contributed by atoms with Gasteiger partial charge in [0.25, 0.3) is 0 Å². The molecule has 5 nitrogen and oxygen atoms in total. The number of hydrogen-bond acceptors (Lipinski definition) is 5. The number of allylic oxidation sites excluding steroid dienone is 1. The predicted octanol–water partition coefficient (Wildman–Crippen LogP) is 3.82. The zero-order valence-electron chi connectivity index (χ0n) is 11.5. The first kappa shape index (κ1) is 15.4. The number of furan rings is 1. The van der Waals surface area contributed by atoms with Crippen LogP contribution < -0.4 is 0 Å². The van der Waals surface area contributed by atoms with Crippen molar-refractivity contribution in [3.63, 3.8) is 0 Å². The predicted molar refractivity (Wildman–Crippen MR) is 79.7 cm³/mol. The molecule has 2 rings (SSSR count). The highest BCUT2D eigenvalue weighted by Crippen LogP contribution is 2.28. The molecule has 6 heteroatoms. The zero-order chi connectivity index (χ0) is 16.1. The lowest BCUT2D eigenvalue weighted by atomic mass is 10.1. The molecule has 0 amide bonds. The summed E-state index contributed by atoms with van der Waals surface area (Å²) in [4.78, 5) is 11.5. The van der Waals surface area contributed by atoms with Crippen molar-refractivity contribution in [2.24, 2.45) is 0 Å². The first-order valence-electron chi connectivity index (χ1n) is 6.09. The van der Waals surface area contributed by atoms with Crippen LogP contribution in [0.3, 0.4) is 0 Å². The topological polar surface area (TPSA) is 87.0 Å². The number of nitriles is 2. The first-order valence-corrected chi connectivity index (χ1v) is 6.46. The molecule has 108 valence electrons. The summed E-state index contributed by atoms with van der Waals surface area (Å²) < 4.78 is 10.2. The van der Waals surface area contributed by atoms with Gasteiger partial charge in [-0.1, -0.05) is 17.7 Å². The lowest BCUT2D eigenvalue weighted by molar-refractivity contribution is 0.0601. The van der Waals surface area contributed by atoms with E-state index in [1.165, 1.54) is 19.3 Å². The summed E-state index contributed by atoms with van der Waals surface area (Å²) in [6.45, 7) is 0. The molecule has 0 fully saturated rings. The van der Waals surface area contributed by atoms with Crippen molar-refractivity contribution in [2.45, 2.75) is 0 Å². The van der Waals surface area contributed by atoms with Crippen LogP contribution in [-0.4, -0.2) is 13.1 Å². The van der Waals surface area contributed by atoms with E-state index < -0.39 is 5.97 Å². The average Bonchev–Trinajstić information content (AvgIpc) is 3.00. The zero-order valence-corrected chi connectivity index (χ0v) is 12.2. The van der Waals surface area contributed by atoms with Crippen molar-refractivity contribution < 1.29 is 13.9 Å². The van der Waals surface area contributed by atoms with Gasteiger partial charge in [0.1, 0.15) is 29.2 Å². The summed E-state index contributed by atoms with van der Waals surface area (Å²) in [5.41, 5.74) is 0.864. The average molecular weight is 313 g/mol. The van der Waals surface area contributed by atoms with Crippen LogP contribution in [0.4, 0.5) is 0 Å². The van der Waals surface area contributed by atoms with Gasteiger partial charge in [-0.3, -0.25) is 0 Å². The molecule has 1 heterocycles. The SMILES string of the molecule is COC(=O)c1ccc(-c2ccc(C=C(C#N)C#N)o2)cc1Cl. The van der Waals surface area contributed by atoms with Gasteiger partial charge in [-0.25, -0.2) is 4.79 Å². The van der Waals surface area contributed by atoms with Gasteiger partial charge in [0, 0.05) is 11.6 Å². The van der Waals surface area contributed by atoms with Crippen LogP contribution >= 0.6 is 11.6 Å². The van der Waals surface area contributed by atoms with Gasteiger partial charge in [0.2, 0.25) is 0 Å². The number of esters is 1. The van der Waals surface area contributed by atoms with E-state index in [1.54, 1.807) is 36.4 Å². The number of hydrogen-bond donors (Lipinski definition) is 0. The van der Waals surface area contributed by atoms with Gasteiger partial charge >= 0.3 is 5.97 Å². The van der Waals surface area contributed by atoms with E-state index in [0.717, 1.165) is 0 Å². The highest BCUT2D eigenvalue weighted by molar-refractivity contribution is 6.33. The van der Waals surface area contributed by atoms with Gasteiger partial charge in [-0.2, -0.15) is 10.5 Å². The van der Waals surface area contributed by atoms with Crippen molar-refractivity contribution >= 4 is 23.6 Å². The minimum absolute atomic E-state index is 0.0556. The second-order valence-electron chi connectivity index (χ2n) is 4.17. The van der Waals surface area contributed by atoms with Crippen molar-refractivity contribution in [1.29, 1.82) is 10.5 Å². The quantitative estimate of drug-likeness (QED) is 0.635. The molecular formula is C16H9ClN2O3. The number of carbonyl (C=O) groups is 1. The van der Waals surface area contributed by atoms with Crippen molar-refractivity contribution in [1.82, 2.24) is 0 Å². The van der Waals surface area contributed by atoms with E-state index >= 15 is 0 Å². The van der Waals surface area contributed by atoms with Crippen molar-refractivity contribution in [2.75, 3.05) is 7.11 Å². The molecule has 0 saturated carbocycles. The molecule has 0 atom stereocenters. The number of benzene rings is 1. The Bertz CT molecular complexity index is 822. The minimum Gasteiger partial charge on any atom is -0.465 e. The molecule has 0 saturated heterocycles. The van der Waals surface area contributed by atoms with Gasteiger partial charge < -0.3 is 9.15 Å². The Morgan fingerprint density at radius 2 is 2.00 bits per heavy atom. The molecule has 0 aliphatic heterocycles. The number of carbonyl (C=O) groups excluding carboxylic acids is 1. The molecule has 0 bridgehead atoms. The Kier molecular flexibility index (Phi) is 4.63. The minimum atomic E-state index is -0.521. The Morgan fingerprint density at radius 3 is 2.59 bits per heavy atom. The van der Waals surface area contributed by atoms with Crippen LogP contribution in [0.5, 0.6) is 0 Å². The number of nitrogens with zero attached hydrogens (tertiary/aromatic N) is 2. The maximum absolute atomic E-state index is 11.5. The van der Waals surface area contributed by atoms with Crippen LogP contribution in [0.1, 0.15) is 16.1 Å². The summed E-state index contributed by atoms with van der Waals surface area (Å²) in [5, 5.41) is 17.7. The molecule has 0 aliphatic rings. The summed E-state index contributed by atoms with van der Waals surface area (Å²) in [5.74, 6) is 0.355. The van der Waals surface area contributed by atoms with Crippen LogP contribution in [0, 0.1) is 22.7 Å². The van der Waals surface area contributed by atoms with E-state index in [2.05, 4.69) is 4.74 Å². The van der Waals surface area contributed by atoms with Gasteiger partial charge in [0.05, 0.1) is 17.7 Å². The molecule has 1 aromatic heterocycles. The molecule has 1 aromatic carbocycles. The number of halogens is 1. The Balaban J connectivity index is 2.35. The van der Waals surface area contributed by atoms with E-state index in [-0.39, 0.29) is 16.2 Å². The number of methoxy groups -OCH3 is 1. The van der Waals surface area contributed by atoms with Crippen LogP contribution in [0.25, 0.3) is 17.4 Å². The molecular weight excluding hydrogens is 304 g/mol. The molecule has 2 aromatic rings. The maximum atomic E-state index is 11.5. The smallest absolute Gasteiger partial charge is 0.339 e. The summed E-state index contributed by atoms with van der Waals surface area (Å²) >= 11 is 6.05. The Morgan fingerprint density at radius 1 is 1.27 bits per heavy atom. The lowest BCUT2D eigenvalue weighted by Gasteiger charge is -2.04. The fraction of sp³-hybridized carbons (Fsp3) is 0.0625. The third-order valence-electron chi connectivity index (χ3n) is 2.81. The number of rotatable bonds is 3. The molecule has 0 spiro atoms. The molecule has 0 unspecified atom stereocenters. The lowest BCUT2D eigenvalue weighted by Crippen LogP contribution is -2.01. The molecule has 0 aliphatic carbocycles. The van der Waals surface area contributed by atoms with Crippen molar-refractivity contribution in [3.05, 3.63) is 52.3 Å². The standard InChI is InChI=1S/C16H9ClN2O3/c1-21-16(20)13-4-2-11(7-14(13)17)15-5-3-12(22-15)6-10(8-18)9-19/h2-7H,1H3. The second-order valence-corrected chi connectivity index (χ2v) is 4.58. The Labute approximate surface area is 131 Å². The van der Waals surface area contributed by atoms with Crippen molar-refractivity contribution in [3.8, 4) is 23.5 Å². The second kappa shape index (κ2) is 6.62. The third kappa shape index (κ3) is 3.17. The highest BCUT2D eigenvalue weighted by Gasteiger charge is 2.13. The first-order chi connectivity index (χ1) is 10.6. The van der Waals surface area contributed by atoms with E-state index in [4.69, 9.17) is 26.5 Å². The Hall–Kier alpha value is -3.02. The largest absolute Gasteiger partial charge is 0.465 e. The number of ether oxygens (including phenoxy) is 1. The van der Waals surface area contributed by atoms with E-state index in [1.807, 2.05) is 0 Å².